The van der Waals surface area contributed by atoms with Crippen molar-refractivity contribution in [3.05, 3.63) is 41.3 Å². The van der Waals surface area contributed by atoms with Gasteiger partial charge in [-0.1, -0.05) is 30.5 Å². The molecule has 0 spiro atoms. The van der Waals surface area contributed by atoms with Crippen LogP contribution in [0.3, 0.4) is 0 Å². The molecule has 2 aromatic heterocycles. The fraction of sp³-hybridized carbons (Fsp3) is 0.455. The van der Waals surface area contributed by atoms with Crippen molar-refractivity contribution in [2.45, 2.75) is 46.5 Å². The molecule has 0 aliphatic heterocycles. The average Bonchev–Trinajstić information content (AvgIpc) is 3.35. The predicted octanol–water partition coefficient (Wildman–Crippen LogP) is 3.46. The van der Waals surface area contributed by atoms with Crippen molar-refractivity contribution in [1.82, 2.24) is 25.1 Å². The fourth-order valence-corrected chi connectivity index (χ4v) is 4.07. The standard InChI is InChI=1S/C22H28N6O/c1-14-8-9-19(15(2)12-14)28-21-18(13-25-28)20(26-16(3)27-21)23-10-11-24-22(29)17-6-4-5-7-17/h8-9,12-13,17H,4-7,10-11H2,1-3H3,(H,24,29)(H,23,26,27). The van der Waals surface area contributed by atoms with Crippen molar-refractivity contribution in [1.29, 1.82) is 0 Å². The Bertz CT molecular complexity index is 1040. The largest absolute Gasteiger partial charge is 0.368 e. The second-order valence-corrected chi connectivity index (χ2v) is 7.90. The topological polar surface area (TPSA) is 84.7 Å². The maximum Gasteiger partial charge on any atom is 0.223 e. The molecule has 2 N–H and O–H groups in total. The molecular weight excluding hydrogens is 364 g/mol. The molecule has 1 fully saturated rings. The van der Waals surface area contributed by atoms with Gasteiger partial charge < -0.3 is 10.6 Å². The van der Waals surface area contributed by atoms with Gasteiger partial charge in [0, 0.05) is 19.0 Å². The van der Waals surface area contributed by atoms with Gasteiger partial charge in [-0.25, -0.2) is 14.6 Å². The number of aromatic nitrogens is 4. The van der Waals surface area contributed by atoms with E-state index in [1.165, 1.54) is 18.4 Å². The lowest BCUT2D eigenvalue weighted by Crippen LogP contribution is -2.33. The van der Waals surface area contributed by atoms with Crippen LogP contribution < -0.4 is 10.6 Å². The molecular formula is C22H28N6O. The highest BCUT2D eigenvalue weighted by atomic mass is 16.1. The molecule has 7 nitrogen and oxygen atoms in total. The number of benzene rings is 1. The van der Waals surface area contributed by atoms with E-state index in [4.69, 9.17) is 0 Å². The van der Waals surface area contributed by atoms with Gasteiger partial charge in [0.15, 0.2) is 5.65 Å². The number of hydrogen-bond acceptors (Lipinski definition) is 5. The minimum Gasteiger partial charge on any atom is -0.368 e. The number of amides is 1. The van der Waals surface area contributed by atoms with E-state index in [0.29, 0.717) is 18.9 Å². The van der Waals surface area contributed by atoms with E-state index < -0.39 is 0 Å². The Morgan fingerprint density at radius 3 is 2.69 bits per heavy atom. The van der Waals surface area contributed by atoms with Gasteiger partial charge in [0.25, 0.3) is 0 Å². The highest BCUT2D eigenvalue weighted by molar-refractivity contribution is 5.87. The van der Waals surface area contributed by atoms with E-state index in [1.54, 1.807) is 6.20 Å². The predicted molar refractivity (Wildman–Crippen MR) is 114 cm³/mol. The van der Waals surface area contributed by atoms with Crippen LogP contribution in [0.2, 0.25) is 0 Å². The van der Waals surface area contributed by atoms with Crippen LogP contribution in [0.4, 0.5) is 5.82 Å². The lowest BCUT2D eigenvalue weighted by atomic mass is 10.1. The number of rotatable bonds is 6. The third-order valence-electron chi connectivity index (χ3n) is 5.56. The number of fused-ring (bicyclic) bond motifs is 1. The molecule has 0 bridgehead atoms. The molecule has 1 aliphatic carbocycles. The zero-order valence-electron chi connectivity index (χ0n) is 17.3. The van der Waals surface area contributed by atoms with Crippen molar-refractivity contribution >= 4 is 22.8 Å². The highest BCUT2D eigenvalue weighted by Crippen LogP contribution is 2.25. The number of anilines is 1. The van der Waals surface area contributed by atoms with Crippen LogP contribution >= 0.6 is 0 Å². The van der Waals surface area contributed by atoms with Gasteiger partial charge in [-0.15, -0.1) is 0 Å². The Balaban J connectivity index is 1.50. The van der Waals surface area contributed by atoms with Crippen molar-refractivity contribution in [3.63, 3.8) is 0 Å². The molecule has 1 aromatic carbocycles. The van der Waals surface area contributed by atoms with Gasteiger partial charge in [0.05, 0.1) is 17.3 Å². The molecule has 7 heteroatoms. The van der Waals surface area contributed by atoms with Crippen LogP contribution in [-0.2, 0) is 4.79 Å². The summed E-state index contributed by atoms with van der Waals surface area (Å²) in [7, 11) is 0. The van der Waals surface area contributed by atoms with Crippen LogP contribution in [-0.4, -0.2) is 38.7 Å². The summed E-state index contributed by atoms with van der Waals surface area (Å²) < 4.78 is 1.87. The molecule has 2 heterocycles. The maximum absolute atomic E-state index is 12.2. The van der Waals surface area contributed by atoms with Crippen LogP contribution in [0, 0.1) is 26.7 Å². The Morgan fingerprint density at radius 1 is 1.14 bits per heavy atom. The zero-order chi connectivity index (χ0) is 20.4. The minimum atomic E-state index is 0.177. The first kappa shape index (κ1) is 19.4. The van der Waals surface area contributed by atoms with Crippen LogP contribution in [0.5, 0.6) is 0 Å². The first-order valence-corrected chi connectivity index (χ1v) is 10.3. The maximum atomic E-state index is 12.2. The molecule has 3 aromatic rings. The lowest BCUT2D eigenvalue weighted by Gasteiger charge is -2.12. The summed E-state index contributed by atoms with van der Waals surface area (Å²) in [5, 5.41) is 11.8. The first-order valence-electron chi connectivity index (χ1n) is 10.3. The fourth-order valence-electron chi connectivity index (χ4n) is 4.07. The Kier molecular flexibility index (Phi) is 5.47. The normalized spacial score (nSPS) is 14.4. The Labute approximate surface area is 170 Å². The molecule has 0 atom stereocenters. The quantitative estimate of drug-likeness (QED) is 0.628. The molecule has 0 unspecified atom stereocenters. The summed E-state index contributed by atoms with van der Waals surface area (Å²) >= 11 is 0. The van der Waals surface area contributed by atoms with Gasteiger partial charge >= 0.3 is 0 Å². The lowest BCUT2D eigenvalue weighted by molar-refractivity contribution is -0.124. The summed E-state index contributed by atoms with van der Waals surface area (Å²) in [5.74, 6) is 1.80. The third-order valence-corrected chi connectivity index (χ3v) is 5.56. The number of carbonyl (C=O) groups is 1. The van der Waals surface area contributed by atoms with Gasteiger partial charge in [-0.3, -0.25) is 4.79 Å². The molecule has 1 aliphatic rings. The molecule has 1 saturated carbocycles. The summed E-state index contributed by atoms with van der Waals surface area (Å²) in [6, 6.07) is 6.29. The van der Waals surface area contributed by atoms with E-state index in [0.717, 1.165) is 40.9 Å². The first-order chi connectivity index (χ1) is 14.0. The summed E-state index contributed by atoms with van der Waals surface area (Å²) in [6.07, 6.45) is 6.16. The second-order valence-electron chi connectivity index (χ2n) is 7.90. The molecule has 0 radical (unpaired) electrons. The Hall–Kier alpha value is -2.96. The highest BCUT2D eigenvalue weighted by Gasteiger charge is 2.22. The summed E-state index contributed by atoms with van der Waals surface area (Å²) in [4.78, 5) is 21.3. The van der Waals surface area contributed by atoms with Gasteiger partial charge in [0.1, 0.15) is 11.6 Å². The molecule has 29 heavy (non-hydrogen) atoms. The van der Waals surface area contributed by atoms with Crippen molar-refractivity contribution < 1.29 is 4.79 Å². The summed E-state index contributed by atoms with van der Waals surface area (Å²) in [6.45, 7) is 7.23. The zero-order valence-corrected chi connectivity index (χ0v) is 17.3. The second kappa shape index (κ2) is 8.19. The SMILES string of the molecule is Cc1ccc(-n2ncc3c(NCCNC(=O)C4CCCC4)nc(C)nc32)c(C)c1. The molecule has 0 saturated heterocycles. The molecule has 152 valence electrons. The number of carbonyl (C=O) groups excluding carboxylic acids is 1. The number of hydrogen-bond donors (Lipinski definition) is 2. The van der Waals surface area contributed by atoms with E-state index in [-0.39, 0.29) is 11.8 Å². The molecule has 4 rings (SSSR count). The van der Waals surface area contributed by atoms with Gasteiger partial charge in [-0.2, -0.15) is 5.10 Å². The van der Waals surface area contributed by atoms with E-state index in [9.17, 15) is 4.79 Å². The smallest absolute Gasteiger partial charge is 0.223 e. The number of nitrogens with zero attached hydrogens (tertiary/aromatic N) is 4. The van der Waals surface area contributed by atoms with E-state index >= 15 is 0 Å². The average molecular weight is 393 g/mol. The Morgan fingerprint density at radius 2 is 1.93 bits per heavy atom. The number of nitrogens with one attached hydrogen (secondary N) is 2. The summed E-state index contributed by atoms with van der Waals surface area (Å²) in [5.41, 5.74) is 4.16. The van der Waals surface area contributed by atoms with Crippen molar-refractivity contribution in [2.24, 2.45) is 5.92 Å². The number of aryl methyl sites for hydroxylation is 3. The van der Waals surface area contributed by atoms with Crippen LogP contribution in [0.1, 0.15) is 42.6 Å². The molecule has 1 amide bonds. The third kappa shape index (κ3) is 4.09. The minimum absolute atomic E-state index is 0.177. The van der Waals surface area contributed by atoms with E-state index in [2.05, 4.69) is 57.7 Å². The van der Waals surface area contributed by atoms with Gasteiger partial charge in [0.2, 0.25) is 5.91 Å². The van der Waals surface area contributed by atoms with Crippen molar-refractivity contribution in [2.75, 3.05) is 18.4 Å². The van der Waals surface area contributed by atoms with E-state index in [1.807, 2.05) is 11.6 Å². The van der Waals surface area contributed by atoms with Crippen LogP contribution in [0.25, 0.3) is 16.7 Å². The monoisotopic (exact) mass is 392 g/mol. The van der Waals surface area contributed by atoms with Gasteiger partial charge in [-0.05, 0) is 45.2 Å². The van der Waals surface area contributed by atoms with Crippen LogP contribution in [0.15, 0.2) is 24.4 Å². The van der Waals surface area contributed by atoms with Crippen molar-refractivity contribution in [3.8, 4) is 5.69 Å².